The van der Waals surface area contributed by atoms with Gasteiger partial charge in [-0.15, -0.1) is 0 Å². The van der Waals surface area contributed by atoms with Crippen LogP contribution in [0.4, 0.5) is 0 Å². The lowest BCUT2D eigenvalue weighted by Crippen LogP contribution is -2.41. The Labute approximate surface area is 113 Å². The number of nitrogens with zero attached hydrogens (tertiary/aromatic N) is 1. The van der Waals surface area contributed by atoms with E-state index in [1.54, 1.807) is 6.92 Å². The summed E-state index contributed by atoms with van der Waals surface area (Å²) in [6.07, 6.45) is 2.63. The van der Waals surface area contributed by atoms with E-state index in [1.165, 1.54) is 4.90 Å². The van der Waals surface area contributed by atoms with Gasteiger partial charge in [-0.25, -0.2) is 4.79 Å². The summed E-state index contributed by atoms with van der Waals surface area (Å²) in [7, 11) is 0. The summed E-state index contributed by atoms with van der Waals surface area (Å²) in [5, 5.41) is 0. The van der Waals surface area contributed by atoms with Crippen LogP contribution in [-0.4, -0.2) is 45.9 Å². The molecular formula is C12H15N3O5. The Morgan fingerprint density at radius 2 is 2.10 bits per heavy atom. The number of hydrogen-bond acceptors (Lipinski definition) is 5. The molecule has 0 atom stereocenters. The molecule has 1 aliphatic carbocycles. The second-order valence-corrected chi connectivity index (χ2v) is 4.45. The van der Waals surface area contributed by atoms with Crippen LogP contribution in [-0.2, 0) is 9.53 Å². The maximum absolute atomic E-state index is 12.3. The molecule has 1 aliphatic rings. The monoisotopic (exact) mass is 281 g/mol. The summed E-state index contributed by atoms with van der Waals surface area (Å²) in [4.78, 5) is 51.8. The van der Waals surface area contributed by atoms with Crippen LogP contribution in [0, 0.1) is 0 Å². The van der Waals surface area contributed by atoms with E-state index in [-0.39, 0.29) is 24.8 Å². The lowest BCUT2D eigenvalue weighted by Gasteiger charge is -2.20. The molecule has 0 aliphatic heterocycles. The summed E-state index contributed by atoms with van der Waals surface area (Å²) < 4.78 is 4.81. The van der Waals surface area contributed by atoms with E-state index < -0.39 is 23.1 Å². The molecule has 8 heteroatoms. The van der Waals surface area contributed by atoms with Crippen LogP contribution in [0.1, 0.15) is 30.1 Å². The first-order chi connectivity index (χ1) is 9.52. The van der Waals surface area contributed by atoms with Crippen LogP contribution in [0.3, 0.4) is 0 Å². The van der Waals surface area contributed by atoms with Crippen molar-refractivity contribution in [1.29, 1.82) is 0 Å². The summed E-state index contributed by atoms with van der Waals surface area (Å²) in [5.41, 5.74) is -1.65. The molecule has 2 N–H and O–H groups in total. The molecule has 1 fully saturated rings. The van der Waals surface area contributed by atoms with Crippen LogP contribution in [0.15, 0.2) is 15.8 Å². The highest BCUT2D eigenvalue weighted by Crippen LogP contribution is 2.27. The van der Waals surface area contributed by atoms with E-state index in [1.807, 2.05) is 4.98 Å². The lowest BCUT2D eigenvalue weighted by atomic mass is 10.2. The highest BCUT2D eigenvalue weighted by atomic mass is 16.5. The van der Waals surface area contributed by atoms with Gasteiger partial charge in [0.05, 0.1) is 6.61 Å². The molecule has 2 rings (SSSR count). The van der Waals surface area contributed by atoms with Crippen LogP contribution < -0.4 is 11.2 Å². The Bertz CT molecular complexity index is 628. The molecule has 0 unspecified atom stereocenters. The van der Waals surface area contributed by atoms with Crippen LogP contribution >= 0.6 is 0 Å². The predicted molar refractivity (Wildman–Crippen MR) is 68.4 cm³/mol. The van der Waals surface area contributed by atoms with E-state index in [2.05, 4.69) is 4.98 Å². The van der Waals surface area contributed by atoms with Gasteiger partial charge in [0.1, 0.15) is 12.1 Å². The lowest BCUT2D eigenvalue weighted by molar-refractivity contribution is -0.144. The Morgan fingerprint density at radius 3 is 2.65 bits per heavy atom. The van der Waals surface area contributed by atoms with Gasteiger partial charge in [-0.05, 0) is 19.8 Å². The van der Waals surface area contributed by atoms with Crippen molar-refractivity contribution in [3.63, 3.8) is 0 Å². The molecule has 108 valence electrons. The van der Waals surface area contributed by atoms with Crippen LogP contribution in [0.25, 0.3) is 0 Å². The molecule has 20 heavy (non-hydrogen) atoms. The molecule has 0 bridgehead atoms. The normalized spacial score (nSPS) is 13.8. The zero-order valence-electron chi connectivity index (χ0n) is 11.0. The molecule has 1 heterocycles. The van der Waals surface area contributed by atoms with Gasteiger partial charge in [-0.2, -0.15) is 0 Å². The number of esters is 1. The summed E-state index contributed by atoms with van der Waals surface area (Å²) >= 11 is 0. The minimum Gasteiger partial charge on any atom is -0.465 e. The van der Waals surface area contributed by atoms with E-state index in [4.69, 9.17) is 4.74 Å². The van der Waals surface area contributed by atoms with Gasteiger partial charge in [-0.3, -0.25) is 19.4 Å². The number of rotatable bonds is 5. The van der Waals surface area contributed by atoms with Crippen molar-refractivity contribution in [1.82, 2.24) is 14.9 Å². The topological polar surface area (TPSA) is 112 Å². The van der Waals surface area contributed by atoms with Gasteiger partial charge < -0.3 is 14.6 Å². The number of carbonyl (C=O) groups is 2. The first kappa shape index (κ1) is 14.0. The van der Waals surface area contributed by atoms with E-state index >= 15 is 0 Å². The first-order valence-electron chi connectivity index (χ1n) is 6.31. The average Bonchev–Trinajstić information content (AvgIpc) is 3.20. The third kappa shape index (κ3) is 3.14. The second-order valence-electron chi connectivity index (χ2n) is 4.45. The number of carbonyl (C=O) groups excluding carboxylic acids is 2. The SMILES string of the molecule is CCOC(=O)CN(C(=O)c1c[nH]c(=O)[nH]c1=O)C1CC1. The molecule has 0 radical (unpaired) electrons. The molecule has 8 nitrogen and oxygen atoms in total. The van der Waals surface area contributed by atoms with Gasteiger partial charge in [0, 0.05) is 12.2 Å². The van der Waals surface area contributed by atoms with Gasteiger partial charge in [0.2, 0.25) is 0 Å². The smallest absolute Gasteiger partial charge is 0.325 e. The first-order valence-corrected chi connectivity index (χ1v) is 6.31. The van der Waals surface area contributed by atoms with Crippen molar-refractivity contribution in [2.45, 2.75) is 25.8 Å². The van der Waals surface area contributed by atoms with E-state index in [0.29, 0.717) is 0 Å². The number of aromatic nitrogens is 2. The van der Waals surface area contributed by atoms with Gasteiger partial charge in [0.15, 0.2) is 0 Å². The fraction of sp³-hybridized carbons (Fsp3) is 0.500. The van der Waals surface area contributed by atoms with Gasteiger partial charge >= 0.3 is 11.7 Å². The number of ether oxygens (including phenoxy) is 1. The second kappa shape index (κ2) is 5.72. The molecule has 1 saturated carbocycles. The molecular weight excluding hydrogens is 266 g/mol. The third-order valence-corrected chi connectivity index (χ3v) is 2.90. The molecule has 0 saturated heterocycles. The number of aromatic amines is 2. The zero-order chi connectivity index (χ0) is 14.7. The van der Waals surface area contributed by atoms with Crippen molar-refractivity contribution in [2.24, 2.45) is 0 Å². The van der Waals surface area contributed by atoms with Crippen LogP contribution in [0.2, 0.25) is 0 Å². The van der Waals surface area contributed by atoms with E-state index in [0.717, 1.165) is 19.0 Å². The number of amides is 1. The largest absolute Gasteiger partial charge is 0.465 e. The third-order valence-electron chi connectivity index (χ3n) is 2.90. The predicted octanol–water partition coefficient (Wildman–Crippen LogP) is -0.769. The number of nitrogens with one attached hydrogen (secondary N) is 2. The molecule has 0 aromatic carbocycles. The van der Waals surface area contributed by atoms with Crippen molar-refractivity contribution in [3.8, 4) is 0 Å². The maximum atomic E-state index is 12.3. The number of H-pyrrole nitrogens is 2. The zero-order valence-corrected chi connectivity index (χ0v) is 11.0. The van der Waals surface area contributed by atoms with Crippen molar-refractivity contribution in [2.75, 3.05) is 13.2 Å². The minimum atomic E-state index is -0.770. The Morgan fingerprint density at radius 1 is 1.40 bits per heavy atom. The summed E-state index contributed by atoms with van der Waals surface area (Å²) in [6.45, 7) is 1.70. The van der Waals surface area contributed by atoms with E-state index in [9.17, 15) is 19.2 Å². The highest BCUT2D eigenvalue weighted by Gasteiger charge is 2.35. The van der Waals surface area contributed by atoms with Crippen LogP contribution in [0.5, 0.6) is 0 Å². The van der Waals surface area contributed by atoms with Gasteiger partial charge in [0.25, 0.3) is 11.5 Å². The fourth-order valence-corrected chi connectivity index (χ4v) is 1.82. The van der Waals surface area contributed by atoms with Crippen molar-refractivity contribution in [3.05, 3.63) is 32.6 Å². The Kier molecular flexibility index (Phi) is 4.02. The summed E-state index contributed by atoms with van der Waals surface area (Å²) in [5.74, 6) is -1.10. The number of hydrogen-bond donors (Lipinski definition) is 2. The molecule has 1 amide bonds. The Balaban J connectivity index is 2.20. The molecule has 0 spiro atoms. The molecule has 1 aromatic rings. The summed E-state index contributed by atoms with van der Waals surface area (Å²) in [6, 6.07) is -0.0572. The maximum Gasteiger partial charge on any atom is 0.325 e. The standard InChI is InChI=1S/C12H15N3O5/c1-2-20-9(16)6-15(7-3-4-7)11(18)8-5-13-12(19)14-10(8)17/h5,7H,2-4,6H2,1H3,(H2,13,14,17,19). The van der Waals surface area contributed by atoms with Gasteiger partial charge in [-0.1, -0.05) is 0 Å². The van der Waals surface area contributed by atoms with Crippen molar-refractivity contribution >= 4 is 11.9 Å². The quantitative estimate of drug-likeness (QED) is 0.688. The molecule has 1 aromatic heterocycles. The highest BCUT2D eigenvalue weighted by molar-refractivity contribution is 5.95. The minimum absolute atomic E-state index is 0.0572. The van der Waals surface area contributed by atoms with Crippen molar-refractivity contribution < 1.29 is 14.3 Å². The fourth-order valence-electron chi connectivity index (χ4n) is 1.82. The average molecular weight is 281 g/mol. The Hall–Kier alpha value is -2.38.